The third-order valence-corrected chi connectivity index (χ3v) is 9.57. The summed E-state index contributed by atoms with van der Waals surface area (Å²) in [6.07, 6.45) is 2.96. The lowest BCUT2D eigenvalue weighted by Gasteiger charge is -2.38. The zero-order chi connectivity index (χ0) is 51.8. The second kappa shape index (κ2) is 25.3. The van der Waals surface area contributed by atoms with Gasteiger partial charge in [-0.1, -0.05) is 25.7 Å². The Kier molecular flexibility index (Phi) is 21.2. The van der Waals surface area contributed by atoms with Crippen molar-refractivity contribution in [1.29, 1.82) is 0 Å². The van der Waals surface area contributed by atoms with E-state index in [2.05, 4.69) is 25.6 Å². The average molecular weight is 971 g/mol. The summed E-state index contributed by atoms with van der Waals surface area (Å²) < 4.78 is 34.2. The molecule has 2 aliphatic rings. The molecule has 69 heavy (non-hydrogen) atoms. The molecule has 2 N–H and O–H groups in total. The van der Waals surface area contributed by atoms with Crippen LogP contribution in [0.3, 0.4) is 0 Å². The van der Waals surface area contributed by atoms with Gasteiger partial charge in [0, 0.05) is 57.7 Å². The highest BCUT2D eigenvalue weighted by atomic mass is 16.6. The summed E-state index contributed by atoms with van der Waals surface area (Å²) in [4.78, 5) is 83.0. The van der Waals surface area contributed by atoms with Crippen LogP contribution in [0.25, 0.3) is 0 Å². The first-order chi connectivity index (χ1) is 31.9. The van der Waals surface area contributed by atoms with Crippen LogP contribution in [0, 0.1) is 0 Å². The van der Waals surface area contributed by atoms with Gasteiger partial charge in [-0.2, -0.15) is 0 Å². The van der Waals surface area contributed by atoms with E-state index in [1.165, 1.54) is 4.90 Å². The molecule has 19 nitrogen and oxygen atoms in total. The second-order valence-electron chi connectivity index (χ2n) is 22.2. The van der Waals surface area contributed by atoms with Crippen molar-refractivity contribution in [2.75, 3.05) is 39.3 Å². The van der Waals surface area contributed by atoms with E-state index in [0.29, 0.717) is 63.6 Å². The number of hydrogen-bond acceptors (Lipinski definition) is 12. The molecule has 0 spiro atoms. The molecule has 3 rings (SSSR count). The minimum absolute atomic E-state index is 0.0624. The predicted octanol–water partition coefficient (Wildman–Crippen LogP) is 10.2. The second-order valence-corrected chi connectivity index (χ2v) is 22.2. The largest absolute Gasteiger partial charge is 0.490 e. The molecular weight excluding hydrogens is 889 g/mol. The SMILES string of the molecule is CC(C)(C)OC(=O)/N=C(\NCCCCCCCCN(C(=O)OC(C)(C)C)/C(=N/C(=O)OC(C)(C)C)N1CCC(Oc2ccc(C3=NCCCN3C(=O)OC(C)(C)C)cc2)CC1)NC(=O)OC(C)(C)C. The van der Waals surface area contributed by atoms with Gasteiger partial charge < -0.3 is 38.6 Å². The Morgan fingerprint density at radius 3 is 1.72 bits per heavy atom. The maximum absolute atomic E-state index is 13.9. The Labute approximate surface area is 410 Å². The van der Waals surface area contributed by atoms with Crippen molar-refractivity contribution < 1.29 is 52.4 Å². The number of aliphatic imine (C=N–C) groups is 3. The molecule has 0 atom stereocenters. The number of amidine groups is 1. The normalized spacial score (nSPS) is 15.7. The smallest absolute Gasteiger partial charge is 0.437 e. The molecule has 19 heteroatoms. The molecule has 1 fully saturated rings. The van der Waals surface area contributed by atoms with Crippen LogP contribution in [0.5, 0.6) is 5.75 Å². The standard InChI is InChI=1S/C50H82N8O11/c1-46(2,3)65-41(59)53-39(54-42(60)66-47(4,5)6)52-29-20-18-16-17-19-21-31-58(45(63)69-50(13,14)15)40(55-43(61)67-48(7,8)9)56-33-27-37(28-34-56)64-36-25-23-35(24-26-36)38-51-30-22-32-57(38)44(62)68-49(10,11)12/h23-26,37H,16-22,27-34H2,1-15H3,(H2,52,53,54,59,60)/b55-40+. The Bertz CT molecular complexity index is 1960. The summed E-state index contributed by atoms with van der Waals surface area (Å²) >= 11 is 0. The van der Waals surface area contributed by atoms with E-state index in [1.54, 1.807) is 88.0 Å². The zero-order valence-electron chi connectivity index (χ0n) is 44.2. The molecule has 1 aromatic rings. The summed E-state index contributed by atoms with van der Waals surface area (Å²) in [5.41, 5.74) is -2.98. The van der Waals surface area contributed by atoms with E-state index < -0.39 is 58.5 Å². The molecule has 2 heterocycles. The number of unbranched alkanes of at least 4 members (excludes halogenated alkanes) is 5. The number of piperidine rings is 1. The molecule has 0 radical (unpaired) electrons. The van der Waals surface area contributed by atoms with Crippen molar-refractivity contribution in [3.63, 3.8) is 0 Å². The van der Waals surface area contributed by atoms with E-state index in [0.717, 1.165) is 44.1 Å². The van der Waals surface area contributed by atoms with E-state index in [9.17, 15) is 24.0 Å². The minimum Gasteiger partial charge on any atom is -0.490 e. The number of ether oxygens (including phenoxy) is 6. The molecular formula is C50H82N8O11. The van der Waals surface area contributed by atoms with Gasteiger partial charge in [-0.3, -0.25) is 15.2 Å². The summed E-state index contributed by atoms with van der Waals surface area (Å²) in [6.45, 7) is 29.2. The molecule has 388 valence electrons. The number of hydrogen-bond donors (Lipinski definition) is 2. The van der Waals surface area contributed by atoms with Crippen LogP contribution in [-0.2, 0) is 23.7 Å². The summed E-state index contributed by atoms with van der Waals surface area (Å²) in [5, 5.41) is 5.51. The van der Waals surface area contributed by atoms with Crippen molar-refractivity contribution in [2.24, 2.45) is 15.0 Å². The topological polar surface area (TPSA) is 212 Å². The summed E-state index contributed by atoms with van der Waals surface area (Å²) in [6, 6.07) is 7.52. The zero-order valence-corrected chi connectivity index (χ0v) is 44.2. The van der Waals surface area contributed by atoms with E-state index in [4.69, 9.17) is 28.4 Å². The third kappa shape index (κ3) is 23.5. The quantitative estimate of drug-likeness (QED) is 0.0865. The number of amides is 5. The van der Waals surface area contributed by atoms with Gasteiger partial charge >= 0.3 is 30.5 Å². The Hall–Kier alpha value is -5.62. The van der Waals surface area contributed by atoms with Crippen molar-refractivity contribution in [3.05, 3.63) is 29.8 Å². The summed E-state index contributed by atoms with van der Waals surface area (Å²) in [5.74, 6) is 1.34. The lowest BCUT2D eigenvalue weighted by Crippen LogP contribution is -2.53. The molecule has 0 bridgehead atoms. The van der Waals surface area contributed by atoms with Crippen molar-refractivity contribution in [1.82, 2.24) is 25.3 Å². The van der Waals surface area contributed by atoms with Crippen LogP contribution in [0.4, 0.5) is 24.0 Å². The summed E-state index contributed by atoms with van der Waals surface area (Å²) in [7, 11) is 0. The lowest BCUT2D eigenvalue weighted by molar-refractivity contribution is 0.0328. The fourth-order valence-corrected chi connectivity index (χ4v) is 6.85. The van der Waals surface area contributed by atoms with Gasteiger partial charge in [0.05, 0.1) is 0 Å². The van der Waals surface area contributed by atoms with Gasteiger partial charge in [0.2, 0.25) is 11.9 Å². The number of carbonyl (C=O) groups is 5. The number of likely N-dealkylation sites (tertiary alicyclic amines) is 1. The number of guanidine groups is 2. The van der Waals surface area contributed by atoms with Gasteiger partial charge in [0.15, 0.2) is 0 Å². The number of nitrogens with zero attached hydrogens (tertiary/aromatic N) is 6. The first kappa shape index (κ1) is 57.7. The molecule has 0 aliphatic carbocycles. The van der Waals surface area contributed by atoms with Crippen molar-refractivity contribution in [3.8, 4) is 5.75 Å². The van der Waals surface area contributed by atoms with Gasteiger partial charge in [-0.15, -0.1) is 9.98 Å². The van der Waals surface area contributed by atoms with Crippen molar-refractivity contribution >= 4 is 48.2 Å². The van der Waals surface area contributed by atoms with Crippen molar-refractivity contribution in [2.45, 2.75) is 196 Å². The first-order valence-corrected chi connectivity index (χ1v) is 24.3. The Balaban J connectivity index is 1.65. The lowest BCUT2D eigenvalue weighted by atomic mass is 10.1. The third-order valence-electron chi connectivity index (χ3n) is 9.57. The highest BCUT2D eigenvalue weighted by Crippen LogP contribution is 2.24. The van der Waals surface area contributed by atoms with Gasteiger partial charge in [-0.25, -0.2) is 28.9 Å². The van der Waals surface area contributed by atoms with Crippen LogP contribution >= 0.6 is 0 Å². The van der Waals surface area contributed by atoms with Gasteiger partial charge in [0.25, 0.3) is 0 Å². The minimum atomic E-state index is -0.848. The van der Waals surface area contributed by atoms with Gasteiger partial charge in [0.1, 0.15) is 45.7 Å². The highest BCUT2D eigenvalue weighted by Gasteiger charge is 2.34. The Morgan fingerprint density at radius 1 is 0.652 bits per heavy atom. The van der Waals surface area contributed by atoms with Crippen LogP contribution in [0.15, 0.2) is 39.2 Å². The molecule has 0 aromatic heterocycles. The Morgan fingerprint density at radius 2 is 1.17 bits per heavy atom. The van der Waals surface area contributed by atoms with Crippen LogP contribution in [0.2, 0.25) is 0 Å². The fourth-order valence-electron chi connectivity index (χ4n) is 6.85. The van der Waals surface area contributed by atoms with Crippen LogP contribution in [-0.4, -0.2) is 136 Å². The monoisotopic (exact) mass is 971 g/mol. The maximum Gasteiger partial charge on any atom is 0.437 e. The molecule has 2 aliphatic heterocycles. The maximum atomic E-state index is 13.9. The van der Waals surface area contributed by atoms with E-state index >= 15 is 0 Å². The predicted molar refractivity (Wildman–Crippen MR) is 266 cm³/mol. The number of benzene rings is 1. The number of alkyl carbamates (subject to hydrolysis) is 1. The number of carbonyl (C=O) groups excluding carboxylic acids is 5. The molecule has 0 saturated carbocycles. The van der Waals surface area contributed by atoms with Crippen LogP contribution in [0.1, 0.15) is 167 Å². The van der Waals surface area contributed by atoms with E-state index in [-0.39, 0.29) is 24.6 Å². The highest BCUT2D eigenvalue weighted by molar-refractivity contribution is 6.07. The van der Waals surface area contributed by atoms with Crippen LogP contribution < -0.4 is 15.4 Å². The molecule has 5 amide bonds. The molecule has 1 aromatic carbocycles. The first-order valence-electron chi connectivity index (χ1n) is 24.3. The van der Waals surface area contributed by atoms with Gasteiger partial charge in [-0.05, 0) is 147 Å². The van der Waals surface area contributed by atoms with E-state index in [1.807, 2.05) is 49.9 Å². The number of nitrogens with one attached hydrogen (secondary N) is 2. The number of rotatable bonds is 12. The fraction of sp³-hybridized carbons (Fsp3) is 0.720. The average Bonchev–Trinajstić information content (AvgIpc) is 3.18. The molecule has 0 unspecified atom stereocenters. The molecule has 1 saturated heterocycles.